The molecule has 3 rings (SSSR count). The van der Waals surface area contributed by atoms with E-state index < -0.39 is 11.6 Å². The number of hydrogen-bond acceptors (Lipinski definition) is 2. The minimum atomic E-state index is -0.835. The first kappa shape index (κ1) is 15.0. The molecular weight excluding hydrogens is 286 g/mol. The van der Waals surface area contributed by atoms with Gasteiger partial charge < -0.3 is 9.84 Å². The van der Waals surface area contributed by atoms with E-state index >= 15 is 0 Å². The van der Waals surface area contributed by atoms with E-state index in [1.807, 2.05) is 18.2 Å². The highest BCUT2D eigenvalue weighted by atomic mass is 19.2. The van der Waals surface area contributed by atoms with E-state index in [0.717, 1.165) is 34.4 Å². The zero-order valence-electron chi connectivity index (χ0n) is 12.4. The second-order valence-corrected chi connectivity index (χ2v) is 5.59. The lowest BCUT2D eigenvalue weighted by Crippen LogP contribution is -2.07. The third kappa shape index (κ3) is 2.59. The van der Waals surface area contributed by atoms with Crippen molar-refractivity contribution >= 4 is 0 Å². The summed E-state index contributed by atoms with van der Waals surface area (Å²) in [6.07, 6.45) is 1.87. The Morgan fingerprint density at radius 1 is 1.05 bits per heavy atom. The highest BCUT2D eigenvalue weighted by molar-refractivity contribution is 5.47. The fraction of sp³-hybridized carbons (Fsp3) is 0.333. The molecule has 2 nitrogen and oxygen atoms in total. The van der Waals surface area contributed by atoms with E-state index in [9.17, 15) is 13.9 Å². The molecule has 1 atom stereocenters. The van der Waals surface area contributed by atoms with E-state index in [2.05, 4.69) is 0 Å². The van der Waals surface area contributed by atoms with Crippen LogP contribution in [0.5, 0.6) is 5.75 Å². The summed E-state index contributed by atoms with van der Waals surface area (Å²) < 4.78 is 32.5. The molecule has 0 saturated heterocycles. The average Bonchev–Trinajstić information content (AvgIpc) is 2.66. The second-order valence-electron chi connectivity index (χ2n) is 5.59. The molecule has 0 saturated carbocycles. The average molecular weight is 304 g/mol. The van der Waals surface area contributed by atoms with Crippen LogP contribution >= 0.6 is 0 Å². The van der Waals surface area contributed by atoms with Crippen molar-refractivity contribution < 1.29 is 18.6 Å². The van der Waals surface area contributed by atoms with Gasteiger partial charge in [0.25, 0.3) is 0 Å². The number of aliphatic hydroxyl groups is 1. The monoisotopic (exact) mass is 304 g/mol. The molecule has 116 valence electrons. The number of aliphatic hydroxyl groups excluding tert-OH is 1. The molecule has 0 fully saturated rings. The summed E-state index contributed by atoms with van der Waals surface area (Å²) in [6.45, 7) is -0.00539. The molecule has 0 bridgehead atoms. The Bertz CT molecular complexity index is 698. The summed E-state index contributed by atoms with van der Waals surface area (Å²) in [7, 11) is 1.61. The Morgan fingerprint density at radius 2 is 1.73 bits per heavy atom. The summed E-state index contributed by atoms with van der Waals surface area (Å²) >= 11 is 0. The zero-order chi connectivity index (χ0) is 15.7. The fourth-order valence-corrected chi connectivity index (χ4v) is 3.29. The largest absolute Gasteiger partial charge is 0.497 e. The molecule has 2 aromatic carbocycles. The Kier molecular flexibility index (Phi) is 4.12. The van der Waals surface area contributed by atoms with Crippen molar-refractivity contribution in [2.75, 3.05) is 13.7 Å². The van der Waals surface area contributed by atoms with Crippen molar-refractivity contribution in [3.63, 3.8) is 0 Å². The lowest BCUT2D eigenvalue weighted by Gasteiger charge is -2.20. The van der Waals surface area contributed by atoms with Gasteiger partial charge in [-0.3, -0.25) is 0 Å². The van der Waals surface area contributed by atoms with Crippen molar-refractivity contribution in [1.29, 1.82) is 0 Å². The van der Waals surface area contributed by atoms with Gasteiger partial charge in [0, 0.05) is 12.5 Å². The summed E-state index contributed by atoms with van der Waals surface area (Å²) in [6, 6.07) is 8.37. The van der Waals surface area contributed by atoms with Crippen LogP contribution in [-0.4, -0.2) is 18.8 Å². The third-order valence-electron chi connectivity index (χ3n) is 4.36. The molecule has 1 unspecified atom stereocenters. The lowest BCUT2D eigenvalue weighted by molar-refractivity contribution is 0.281. The molecule has 2 aromatic rings. The highest BCUT2D eigenvalue weighted by Gasteiger charge is 2.25. The van der Waals surface area contributed by atoms with Gasteiger partial charge in [0.05, 0.1) is 7.11 Å². The lowest BCUT2D eigenvalue weighted by atomic mass is 9.85. The summed E-state index contributed by atoms with van der Waals surface area (Å²) in [5.41, 5.74) is 3.75. The molecule has 0 radical (unpaired) electrons. The van der Waals surface area contributed by atoms with Crippen LogP contribution < -0.4 is 4.74 Å². The van der Waals surface area contributed by atoms with Crippen LogP contribution in [0.4, 0.5) is 8.78 Å². The van der Waals surface area contributed by atoms with Crippen LogP contribution in [0, 0.1) is 11.6 Å². The summed E-state index contributed by atoms with van der Waals surface area (Å²) in [5.74, 6) is -1.01. The van der Waals surface area contributed by atoms with Crippen molar-refractivity contribution in [2.45, 2.75) is 25.2 Å². The smallest absolute Gasteiger partial charge is 0.159 e. The number of halogens is 2. The number of aryl methyl sites for hydroxylation is 2. The van der Waals surface area contributed by atoms with E-state index in [4.69, 9.17) is 4.74 Å². The minimum Gasteiger partial charge on any atom is -0.497 e. The van der Waals surface area contributed by atoms with Gasteiger partial charge in [0.1, 0.15) is 5.75 Å². The molecule has 1 aliphatic carbocycles. The molecule has 0 heterocycles. The second kappa shape index (κ2) is 6.05. The van der Waals surface area contributed by atoms with E-state index in [0.29, 0.717) is 12.8 Å². The van der Waals surface area contributed by atoms with Gasteiger partial charge in [-0.1, -0.05) is 6.07 Å². The zero-order valence-corrected chi connectivity index (χ0v) is 12.4. The topological polar surface area (TPSA) is 29.5 Å². The van der Waals surface area contributed by atoms with Crippen molar-refractivity contribution in [2.24, 2.45) is 0 Å². The first-order chi connectivity index (χ1) is 10.6. The Morgan fingerprint density at radius 3 is 2.41 bits per heavy atom. The maximum atomic E-state index is 13.7. The van der Waals surface area contributed by atoms with Gasteiger partial charge in [-0.05, 0) is 65.8 Å². The molecule has 0 aromatic heterocycles. The molecule has 1 N–H and O–H groups in total. The standard InChI is InChI=1S/C18H18F2O2/c1-22-13-4-5-14-11(8-13)2-3-12-9-17(19)18(20)10-16(12)15(14)6-7-21/h4-5,8-10,15,21H,2-3,6-7H2,1H3. The Balaban J connectivity index is 2.15. The number of methoxy groups -OCH3 is 1. The summed E-state index contributed by atoms with van der Waals surface area (Å²) in [5, 5.41) is 9.39. The van der Waals surface area contributed by atoms with Crippen LogP contribution in [-0.2, 0) is 12.8 Å². The van der Waals surface area contributed by atoms with Crippen LogP contribution in [0.25, 0.3) is 0 Å². The van der Waals surface area contributed by atoms with Gasteiger partial charge >= 0.3 is 0 Å². The molecule has 0 aliphatic heterocycles. The molecule has 4 heteroatoms. The van der Waals surface area contributed by atoms with Gasteiger partial charge in [0.15, 0.2) is 11.6 Å². The van der Waals surface area contributed by atoms with Gasteiger partial charge in [0.2, 0.25) is 0 Å². The molecule has 0 amide bonds. The van der Waals surface area contributed by atoms with Gasteiger partial charge in [-0.2, -0.15) is 0 Å². The predicted molar refractivity (Wildman–Crippen MR) is 80.3 cm³/mol. The molecule has 0 spiro atoms. The van der Waals surface area contributed by atoms with Gasteiger partial charge in [-0.25, -0.2) is 8.78 Å². The molecule has 22 heavy (non-hydrogen) atoms. The van der Waals surface area contributed by atoms with Gasteiger partial charge in [-0.15, -0.1) is 0 Å². The van der Waals surface area contributed by atoms with E-state index in [1.165, 1.54) is 12.1 Å². The van der Waals surface area contributed by atoms with E-state index in [-0.39, 0.29) is 12.5 Å². The number of rotatable bonds is 3. The fourth-order valence-electron chi connectivity index (χ4n) is 3.29. The number of hydrogen-bond donors (Lipinski definition) is 1. The highest BCUT2D eigenvalue weighted by Crippen LogP contribution is 2.38. The molecular formula is C18H18F2O2. The minimum absolute atomic E-state index is 0.00539. The first-order valence-corrected chi connectivity index (χ1v) is 7.39. The quantitative estimate of drug-likeness (QED) is 0.939. The SMILES string of the molecule is COc1ccc2c(c1)CCc1cc(F)c(F)cc1C2CCO. The van der Waals surface area contributed by atoms with Crippen molar-refractivity contribution in [1.82, 2.24) is 0 Å². The van der Waals surface area contributed by atoms with Crippen molar-refractivity contribution in [3.8, 4) is 5.75 Å². The molecule has 1 aliphatic rings. The first-order valence-electron chi connectivity index (χ1n) is 7.39. The Labute approximate surface area is 128 Å². The van der Waals surface area contributed by atoms with Crippen LogP contribution in [0.1, 0.15) is 34.6 Å². The maximum absolute atomic E-state index is 13.7. The van der Waals surface area contributed by atoms with Crippen LogP contribution in [0.15, 0.2) is 30.3 Å². The number of fused-ring (bicyclic) bond motifs is 2. The number of benzene rings is 2. The van der Waals surface area contributed by atoms with E-state index in [1.54, 1.807) is 7.11 Å². The van der Waals surface area contributed by atoms with Crippen LogP contribution in [0.3, 0.4) is 0 Å². The summed E-state index contributed by atoms with van der Waals surface area (Å²) in [4.78, 5) is 0. The van der Waals surface area contributed by atoms with Crippen LogP contribution in [0.2, 0.25) is 0 Å². The maximum Gasteiger partial charge on any atom is 0.159 e. The number of ether oxygens (including phenoxy) is 1. The predicted octanol–water partition coefficient (Wildman–Crippen LogP) is 3.59. The normalized spacial score (nSPS) is 16.6. The van der Waals surface area contributed by atoms with Crippen molar-refractivity contribution in [3.05, 3.63) is 64.2 Å². The third-order valence-corrected chi connectivity index (χ3v) is 4.36. The Hall–Kier alpha value is -1.94.